The number of amidine groups is 1. The summed E-state index contributed by atoms with van der Waals surface area (Å²) in [5.41, 5.74) is 8.32. The zero-order valence-corrected chi connectivity index (χ0v) is 14.1. The average molecular weight is 353 g/mol. The summed E-state index contributed by atoms with van der Waals surface area (Å²) in [6.07, 6.45) is 4.07. The van der Waals surface area contributed by atoms with E-state index in [1.54, 1.807) is 12.1 Å². The van der Waals surface area contributed by atoms with E-state index >= 15 is 0 Å². The van der Waals surface area contributed by atoms with Crippen LogP contribution in [-0.4, -0.2) is 10.4 Å². The molecular weight excluding hydrogens is 335 g/mol. The van der Waals surface area contributed by atoms with Crippen LogP contribution >= 0.6 is 12.4 Å². The quantitative estimate of drug-likeness (QED) is 0.361. The number of nitrogens with two attached hydrogens (primary N) is 1. The second kappa shape index (κ2) is 7.85. The van der Waals surface area contributed by atoms with Crippen LogP contribution in [0.15, 0.2) is 54.9 Å². The number of hydrogen-bond acceptors (Lipinski definition) is 2. The summed E-state index contributed by atoms with van der Waals surface area (Å²) in [6.45, 7) is 0.484. The van der Waals surface area contributed by atoms with E-state index in [-0.39, 0.29) is 30.6 Å². The molecule has 7 heteroatoms. The van der Waals surface area contributed by atoms with Crippen LogP contribution in [0.4, 0.5) is 0 Å². The third kappa shape index (κ3) is 3.94. The molecule has 5 nitrogen and oxygen atoms in total. The highest BCUT2D eigenvalue weighted by Crippen LogP contribution is 2.14. The highest BCUT2D eigenvalue weighted by Gasteiger charge is 2.13. The second-order valence-corrected chi connectivity index (χ2v) is 4.87. The van der Waals surface area contributed by atoms with Crippen LogP contribution in [0.2, 0.25) is 0 Å². The number of aryl methyl sites for hydroxylation is 1. The molecule has 0 atom stereocenters. The van der Waals surface area contributed by atoms with Gasteiger partial charge in [0.25, 0.3) is 5.65 Å². The first-order chi connectivity index (χ1) is 10.1. The van der Waals surface area contributed by atoms with Gasteiger partial charge in [0.2, 0.25) is 0 Å². The van der Waals surface area contributed by atoms with Gasteiger partial charge in [-0.05, 0) is 30.3 Å². The van der Waals surface area contributed by atoms with Crippen molar-refractivity contribution in [3.05, 3.63) is 66.1 Å². The maximum Gasteiger partial charge on any atom is 0.286 e. The zero-order chi connectivity index (χ0) is 14.8. The Hall–Kier alpha value is -2.24. The van der Waals surface area contributed by atoms with Crippen LogP contribution in [-0.2, 0) is 13.7 Å². The molecule has 3 N–H and O–H groups in total. The molecular formula is C16H18Cl2N4O. The molecule has 2 aromatic heterocycles. The maximum absolute atomic E-state index is 7.36. The maximum atomic E-state index is 7.36. The third-order valence-electron chi connectivity index (χ3n) is 3.48. The van der Waals surface area contributed by atoms with Gasteiger partial charge >= 0.3 is 0 Å². The van der Waals surface area contributed by atoms with Gasteiger partial charge in [-0.25, -0.2) is 8.97 Å². The molecule has 0 aliphatic rings. The predicted octanol–water partition coefficient (Wildman–Crippen LogP) is -0.947. The largest absolute Gasteiger partial charge is 1.00 e. The number of halogens is 2. The number of aromatic nitrogens is 2. The van der Waals surface area contributed by atoms with E-state index in [4.69, 9.17) is 15.9 Å². The fourth-order valence-electron chi connectivity index (χ4n) is 2.26. The van der Waals surface area contributed by atoms with Crippen LogP contribution in [0.1, 0.15) is 11.3 Å². The summed E-state index contributed by atoms with van der Waals surface area (Å²) in [5, 5.41) is 7.36. The standard InChI is InChI=1S/C16H17N4O.2ClH/c1-19-13(10-20-9-3-2-4-15(19)20)11-21-14-7-5-12(6-8-14)16(17)18;;/h2-10H,11H2,1H3,(H3,17,18);2*1H/q+1;;/p-1. The molecule has 0 radical (unpaired) electrons. The zero-order valence-electron chi connectivity index (χ0n) is 12.6. The van der Waals surface area contributed by atoms with Crippen molar-refractivity contribution in [2.75, 3.05) is 0 Å². The topological polar surface area (TPSA) is 68.1 Å². The van der Waals surface area contributed by atoms with Crippen molar-refractivity contribution in [1.82, 2.24) is 4.57 Å². The van der Waals surface area contributed by atoms with E-state index in [9.17, 15) is 0 Å². The number of nitrogens with zero attached hydrogens (tertiary/aromatic N) is 2. The summed E-state index contributed by atoms with van der Waals surface area (Å²) in [4.78, 5) is 0. The highest BCUT2D eigenvalue weighted by atomic mass is 35.5. The van der Waals surface area contributed by atoms with Crippen LogP contribution in [0.3, 0.4) is 0 Å². The number of rotatable bonds is 4. The first-order valence-corrected chi connectivity index (χ1v) is 6.67. The molecule has 3 rings (SSSR count). The lowest BCUT2D eigenvalue weighted by molar-refractivity contribution is -0.511. The van der Waals surface area contributed by atoms with E-state index in [0.29, 0.717) is 12.2 Å². The Balaban J connectivity index is 0.00000132. The molecule has 23 heavy (non-hydrogen) atoms. The van der Waals surface area contributed by atoms with Gasteiger partial charge in [0.15, 0.2) is 12.3 Å². The summed E-state index contributed by atoms with van der Waals surface area (Å²) >= 11 is 0. The summed E-state index contributed by atoms with van der Waals surface area (Å²) in [5.74, 6) is 0.821. The van der Waals surface area contributed by atoms with Crippen LogP contribution in [0.5, 0.6) is 5.75 Å². The van der Waals surface area contributed by atoms with Crippen LogP contribution < -0.4 is 27.3 Å². The van der Waals surface area contributed by atoms with Crippen LogP contribution in [0, 0.1) is 5.41 Å². The van der Waals surface area contributed by atoms with Gasteiger partial charge < -0.3 is 22.9 Å². The molecule has 0 saturated heterocycles. The Kier molecular flexibility index (Phi) is 6.42. The van der Waals surface area contributed by atoms with E-state index in [0.717, 1.165) is 17.1 Å². The Bertz CT molecular complexity index is 799. The van der Waals surface area contributed by atoms with Gasteiger partial charge in [-0.1, -0.05) is 6.07 Å². The Morgan fingerprint density at radius 2 is 1.91 bits per heavy atom. The number of ether oxygens (including phenoxy) is 1. The fourth-order valence-corrected chi connectivity index (χ4v) is 2.26. The third-order valence-corrected chi connectivity index (χ3v) is 3.48. The van der Waals surface area contributed by atoms with E-state index in [1.807, 2.05) is 37.5 Å². The number of benzene rings is 1. The van der Waals surface area contributed by atoms with Crippen molar-refractivity contribution < 1.29 is 21.5 Å². The number of fused-ring (bicyclic) bond motifs is 1. The number of imidazole rings is 1. The van der Waals surface area contributed by atoms with Gasteiger partial charge in [-0.3, -0.25) is 5.41 Å². The number of nitrogens with one attached hydrogen (secondary N) is 1. The predicted molar refractivity (Wildman–Crippen MR) is 87.6 cm³/mol. The van der Waals surface area contributed by atoms with E-state index < -0.39 is 0 Å². The molecule has 0 bridgehead atoms. The Morgan fingerprint density at radius 1 is 1.22 bits per heavy atom. The van der Waals surface area contributed by atoms with Crippen molar-refractivity contribution in [1.29, 1.82) is 5.41 Å². The highest BCUT2D eigenvalue weighted by molar-refractivity contribution is 5.94. The first kappa shape index (κ1) is 18.8. The number of nitrogen functional groups attached to an aromatic ring is 1. The minimum absolute atomic E-state index is 0. The monoisotopic (exact) mass is 352 g/mol. The SMILES string of the molecule is Cl.Cn1c(COc2ccc(C(=N)N)cc2)c[n+]2ccccc12.[Cl-]. The van der Waals surface area contributed by atoms with Crippen molar-refractivity contribution in [2.45, 2.75) is 6.61 Å². The normalized spacial score (nSPS) is 9.78. The van der Waals surface area contributed by atoms with Crippen molar-refractivity contribution >= 4 is 23.9 Å². The fraction of sp³-hybridized carbons (Fsp3) is 0.125. The minimum atomic E-state index is 0. The average Bonchev–Trinajstić information content (AvgIpc) is 2.82. The molecule has 0 unspecified atom stereocenters. The molecule has 2 heterocycles. The minimum Gasteiger partial charge on any atom is -1.00 e. The van der Waals surface area contributed by atoms with E-state index in [2.05, 4.69) is 21.2 Å². The van der Waals surface area contributed by atoms with Crippen molar-refractivity contribution in [2.24, 2.45) is 12.8 Å². The van der Waals surface area contributed by atoms with Crippen molar-refractivity contribution in [3.8, 4) is 5.75 Å². The smallest absolute Gasteiger partial charge is 0.286 e. The molecule has 0 saturated carbocycles. The Morgan fingerprint density at radius 3 is 2.52 bits per heavy atom. The molecule has 122 valence electrons. The van der Waals surface area contributed by atoms with Gasteiger partial charge in [0, 0.05) is 11.6 Å². The Labute approximate surface area is 147 Å². The second-order valence-electron chi connectivity index (χ2n) is 4.87. The summed E-state index contributed by atoms with van der Waals surface area (Å²) in [7, 11) is 2.02. The first-order valence-electron chi connectivity index (χ1n) is 6.67. The number of pyridine rings is 1. The summed E-state index contributed by atoms with van der Waals surface area (Å²) in [6, 6.07) is 13.3. The molecule has 0 fully saturated rings. The lowest BCUT2D eigenvalue weighted by atomic mass is 10.2. The lowest BCUT2D eigenvalue weighted by Gasteiger charge is -2.05. The molecule has 0 aliphatic heterocycles. The molecule has 0 aliphatic carbocycles. The van der Waals surface area contributed by atoms with Crippen molar-refractivity contribution in [3.63, 3.8) is 0 Å². The summed E-state index contributed by atoms with van der Waals surface area (Å²) < 4.78 is 9.96. The van der Waals surface area contributed by atoms with E-state index in [1.165, 1.54) is 0 Å². The lowest BCUT2D eigenvalue weighted by Crippen LogP contribution is -3.00. The molecule has 0 spiro atoms. The molecule has 1 aromatic carbocycles. The van der Waals surface area contributed by atoms with Crippen LogP contribution in [0.25, 0.3) is 5.65 Å². The van der Waals surface area contributed by atoms with Gasteiger partial charge in [-0.15, -0.1) is 12.4 Å². The van der Waals surface area contributed by atoms with Gasteiger partial charge in [0.05, 0.1) is 13.2 Å². The van der Waals surface area contributed by atoms with Gasteiger partial charge in [0.1, 0.15) is 17.8 Å². The van der Waals surface area contributed by atoms with Gasteiger partial charge in [-0.2, -0.15) is 0 Å². The number of hydrogen-bond donors (Lipinski definition) is 2. The molecule has 0 amide bonds. The molecule has 3 aromatic rings.